The molecule has 0 saturated heterocycles. The molecule has 2 atom stereocenters. The fourth-order valence-corrected chi connectivity index (χ4v) is 6.13. The quantitative estimate of drug-likeness (QED) is 0.637. The molecule has 0 aromatic rings. The zero-order chi connectivity index (χ0) is 13.0. The summed E-state index contributed by atoms with van der Waals surface area (Å²) in [6.07, 6.45) is 6.30. The fraction of sp³-hybridized carbons (Fsp3) is 0.846. The normalized spacial score (nSPS) is 44.9. The van der Waals surface area contributed by atoms with E-state index in [1.807, 2.05) is 0 Å². The van der Waals surface area contributed by atoms with Gasteiger partial charge in [-0.1, -0.05) is 15.9 Å². The van der Waals surface area contributed by atoms with Crippen molar-refractivity contribution < 1.29 is 14.3 Å². The second kappa shape index (κ2) is 3.95. The summed E-state index contributed by atoms with van der Waals surface area (Å²) >= 11 is 3.84. The van der Waals surface area contributed by atoms with Crippen LogP contribution >= 0.6 is 15.9 Å². The number of carbonyl (C=O) groups is 2. The average molecular weight is 316 g/mol. The van der Waals surface area contributed by atoms with E-state index in [4.69, 9.17) is 10.5 Å². The third kappa shape index (κ3) is 1.96. The number of hydrogen-bond acceptors (Lipinski definition) is 3. The molecule has 0 aromatic heterocycles. The molecule has 5 heteroatoms. The maximum absolute atomic E-state index is 12.3. The minimum absolute atomic E-state index is 0.128. The molecule has 4 saturated carbocycles. The van der Waals surface area contributed by atoms with Crippen LogP contribution in [-0.4, -0.2) is 22.8 Å². The molecule has 2 N–H and O–H groups in total. The van der Waals surface area contributed by atoms with Gasteiger partial charge in [0.25, 0.3) is 5.91 Å². The van der Waals surface area contributed by atoms with Crippen molar-refractivity contribution in [2.75, 3.05) is 6.61 Å². The number of nitrogens with two attached hydrogens (primary N) is 1. The molecule has 18 heavy (non-hydrogen) atoms. The van der Waals surface area contributed by atoms with Gasteiger partial charge in [-0.2, -0.15) is 0 Å². The average Bonchev–Trinajstić information content (AvgIpc) is 2.22. The SMILES string of the molecule is NC(=O)COC(=O)C12C[C@@H]3C[C@H](CC(Br)(C3)C1)C2. The Morgan fingerprint density at radius 2 is 1.83 bits per heavy atom. The first-order valence-electron chi connectivity index (χ1n) is 6.55. The number of carbonyl (C=O) groups excluding carboxylic acids is 2. The summed E-state index contributed by atoms with van der Waals surface area (Å²) in [6.45, 7) is -0.287. The van der Waals surface area contributed by atoms with Crippen LogP contribution < -0.4 is 5.73 Å². The summed E-state index contributed by atoms with van der Waals surface area (Å²) in [7, 11) is 0. The monoisotopic (exact) mass is 315 g/mol. The number of hydrogen-bond donors (Lipinski definition) is 1. The molecule has 4 aliphatic rings. The van der Waals surface area contributed by atoms with Gasteiger partial charge >= 0.3 is 5.97 Å². The standard InChI is InChI=1S/C13H18BrNO3/c14-13-4-8-1-9(5-13)3-12(2-8,7-13)11(17)18-6-10(15)16/h8-9H,1-7H2,(H2,15,16)/t8-,9-,12?,13?/m0/s1. The Morgan fingerprint density at radius 1 is 1.22 bits per heavy atom. The van der Waals surface area contributed by atoms with E-state index in [0.717, 1.165) is 19.3 Å². The topological polar surface area (TPSA) is 69.4 Å². The number of primary amides is 1. The third-order valence-corrected chi connectivity index (χ3v) is 5.70. The van der Waals surface area contributed by atoms with Crippen LogP contribution in [0.5, 0.6) is 0 Å². The van der Waals surface area contributed by atoms with E-state index in [9.17, 15) is 9.59 Å². The molecule has 0 aromatic carbocycles. The fourth-order valence-electron chi connectivity index (χ4n) is 4.68. The number of rotatable bonds is 3. The van der Waals surface area contributed by atoms with E-state index in [2.05, 4.69) is 15.9 Å². The van der Waals surface area contributed by atoms with Crippen LogP contribution in [0.4, 0.5) is 0 Å². The minimum atomic E-state index is -0.582. The second-order valence-corrected chi connectivity index (χ2v) is 8.12. The van der Waals surface area contributed by atoms with Crippen LogP contribution in [0.15, 0.2) is 0 Å². The van der Waals surface area contributed by atoms with Gasteiger partial charge in [0.2, 0.25) is 0 Å². The summed E-state index contributed by atoms with van der Waals surface area (Å²) in [5.74, 6) is 0.472. The van der Waals surface area contributed by atoms with Gasteiger partial charge in [-0.3, -0.25) is 9.59 Å². The zero-order valence-corrected chi connectivity index (χ0v) is 11.9. The lowest BCUT2D eigenvalue weighted by Gasteiger charge is -2.58. The summed E-state index contributed by atoms with van der Waals surface area (Å²) in [5.41, 5.74) is 4.67. The van der Waals surface area contributed by atoms with Crippen LogP contribution in [0.1, 0.15) is 38.5 Å². The number of esters is 1. The van der Waals surface area contributed by atoms with Gasteiger partial charge in [0.15, 0.2) is 6.61 Å². The molecule has 4 aliphatic carbocycles. The Hall–Kier alpha value is -0.580. The molecular formula is C13H18BrNO3. The first kappa shape index (κ1) is 12.5. The van der Waals surface area contributed by atoms with Gasteiger partial charge in [0, 0.05) is 4.32 Å². The number of amides is 1. The molecule has 4 nitrogen and oxygen atoms in total. The summed E-state index contributed by atoms with van der Waals surface area (Å²) in [6, 6.07) is 0. The molecular weight excluding hydrogens is 298 g/mol. The van der Waals surface area contributed by atoms with Gasteiger partial charge in [0.1, 0.15) is 0 Å². The van der Waals surface area contributed by atoms with Gasteiger partial charge in [-0.05, 0) is 50.4 Å². The van der Waals surface area contributed by atoms with Crippen LogP contribution in [0.3, 0.4) is 0 Å². The predicted octanol–water partition coefficient (Wildman–Crippen LogP) is 1.75. The summed E-state index contributed by atoms with van der Waals surface area (Å²) < 4.78 is 5.23. The van der Waals surface area contributed by atoms with Crippen molar-refractivity contribution in [1.82, 2.24) is 0 Å². The van der Waals surface area contributed by atoms with Crippen LogP contribution in [-0.2, 0) is 14.3 Å². The molecule has 0 heterocycles. The largest absolute Gasteiger partial charge is 0.455 e. The van der Waals surface area contributed by atoms with E-state index in [1.165, 1.54) is 19.3 Å². The van der Waals surface area contributed by atoms with Crippen LogP contribution in [0.25, 0.3) is 0 Å². The highest BCUT2D eigenvalue weighted by atomic mass is 79.9. The van der Waals surface area contributed by atoms with E-state index >= 15 is 0 Å². The molecule has 0 aliphatic heterocycles. The van der Waals surface area contributed by atoms with Gasteiger partial charge in [-0.25, -0.2) is 0 Å². The maximum Gasteiger partial charge on any atom is 0.312 e. The molecule has 100 valence electrons. The van der Waals surface area contributed by atoms with Crippen molar-refractivity contribution in [3.8, 4) is 0 Å². The zero-order valence-electron chi connectivity index (χ0n) is 10.3. The van der Waals surface area contributed by atoms with Crippen molar-refractivity contribution in [2.24, 2.45) is 23.0 Å². The summed E-state index contributed by atoms with van der Waals surface area (Å²) in [4.78, 5) is 23.0. The maximum atomic E-state index is 12.3. The third-order valence-electron chi connectivity index (χ3n) is 4.77. The first-order chi connectivity index (χ1) is 8.41. The second-order valence-electron chi connectivity index (χ2n) is 6.43. The first-order valence-corrected chi connectivity index (χ1v) is 7.35. The smallest absolute Gasteiger partial charge is 0.312 e. The lowest BCUT2D eigenvalue weighted by atomic mass is 9.49. The highest BCUT2D eigenvalue weighted by Crippen LogP contribution is 2.64. The Bertz CT molecular complexity index is 395. The van der Waals surface area contributed by atoms with E-state index in [0.29, 0.717) is 11.8 Å². The molecule has 4 rings (SSSR count). The highest BCUT2D eigenvalue weighted by molar-refractivity contribution is 9.10. The molecule has 0 spiro atoms. The molecule has 4 bridgehead atoms. The lowest BCUT2D eigenvalue weighted by Crippen LogP contribution is -2.56. The van der Waals surface area contributed by atoms with Crippen molar-refractivity contribution in [3.05, 3.63) is 0 Å². The van der Waals surface area contributed by atoms with Crippen molar-refractivity contribution in [1.29, 1.82) is 0 Å². The Kier molecular flexibility index (Phi) is 2.74. The van der Waals surface area contributed by atoms with E-state index in [1.54, 1.807) is 0 Å². The van der Waals surface area contributed by atoms with Gasteiger partial charge in [0.05, 0.1) is 5.41 Å². The van der Waals surface area contributed by atoms with Gasteiger partial charge < -0.3 is 10.5 Å². The molecule has 4 fully saturated rings. The van der Waals surface area contributed by atoms with Crippen molar-refractivity contribution >= 4 is 27.8 Å². The molecule has 0 radical (unpaired) electrons. The predicted molar refractivity (Wildman–Crippen MR) is 68.9 cm³/mol. The number of halogens is 1. The number of ether oxygens (including phenoxy) is 1. The number of alkyl halides is 1. The van der Waals surface area contributed by atoms with Crippen molar-refractivity contribution in [2.45, 2.75) is 42.8 Å². The highest BCUT2D eigenvalue weighted by Gasteiger charge is 2.60. The lowest BCUT2D eigenvalue weighted by molar-refractivity contribution is -0.170. The summed E-state index contributed by atoms with van der Waals surface area (Å²) in [5, 5.41) is 0. The molecule has 1 amide bonds. The van der Waals surface area contributed by atoms with E-state index < -0.39 is 5.91 Å². The van der Waals surface area contributed by atoms with Crippen molar-refractivity contribution in [3.63, 3.8) is 0 Å². The Morgan fingerprint density at radius 3 is 2.33 bits per heavy atom. The Labute approximate surface area is 115 Å². The van der Waals surface area contributed by atoms with Crippen LogP contribution in [0.2, 0.25) is 0 Å². The van der Waals surface area contributed by atoms with Gasteiger partial charge in [-0.15, -0.1) is 0 Å². The Balaban J connectivity index is 1.78. The molecule has 0 unspecified atom stereocenters. The minimum Gasteiger partial charge on any atom is -0.455 e. The van der Waals surface area contributed by atoms with Crippen LogP contribution in [0, 0.1) is 17.3 Å². The van der Waals surface area contributed by atoms with E-state index in [-0.39, 0.29) is 22.3 Å².